The molecule has 24 heavy (non-hydrogen) atoms. The highest BCUT2D eigenvalue weighted by Gasteiger charge is 2.22. The summed E-state index contributed by atoms with van der Waals surface area (Å²) in [6, 6.07) is 8.47. The summed E-state index contributed by atoms with van der Waals surface area (Å²) in [5.41, 5.74) is 7.41. The van der Waals surface area contributed by atoms with Gasteiger partial charge in [-0.15, -0.1) is 0 Å². The lowest BCUT2D eigenvalue weighted by Gasteiger charge is -2.18. The summed E-state index contributed by atoms with van der Waals surface area (Å²) in [4.78, 5) is 19.1. The normalized spacial score (nSPS) is 11.7. The molecule has 4 N–H and O–H groups in total. The summed E-state index contributed by atoms with van der Waals surface area (Å²) in [6.07, 6.45) is 3.95. The Kier molecular flexibility index (Phi) is 4.07. The molecule has 0 fully saturated rings. The molecule has 0 atom stereocenters. The Morgan fingerprint density at radius 3 is 2.79 bits per heavy atom. The number of nitrogens with one attached hydrogen (secondary N) is 2. The fraction of sp³-hybridized carbons (Fsp3) is 0.222. The van der Waals surface area contributed by atoms with E-state index in [4.69, 9.17) is 5.73 Å². The third kappa shape index (κ3) is 3.28. The predicted octanol–water partition coefficient (Wildman–Crippen LogP) is 2.97. The van der Waals surface area contributed by atoms with E-state index in [1.54, 1.807) is 32.2 Å². The van der Waals surface area contributed by atoms with Gasteiger partial charge in [-0.1, -0.05) is 6.07 Å². The molecule has 2 heterocycles. The van der Waals surface area contributed by atoms with E-state index in [0.717, 1.165) is 16.6 Å². The lowest BCUT2D eigenvalue weighted by Crippen LogP contribution is -2.45. The molecule has 0 saturated heterocycles. The van der Waals surface area contributed by atoms with Crippen LogP contribution in [0.15, 0.2) is 42.7 Å². The molecule has 0 saturated carbocycles. The lowest BCUT2D eigenvalue weighted by molar-refractivity contribution is -0.120. The Hall–Kier alpha value is -2.73. The predicted molar refractivity (Wildman–Crippen MR) is 92.2 cm³/mol. The van der Waals surface area contributed by atoms with Crippen molar-refractivity contribution in [3.05, 3.63) is 59.7 Å². The summed E-state index contributed by atoms with van der Waals surface area (Å²) >= 11 is 0. The number of amides is 1. The van der Waals surface area contributed by atoms with Crippen LogP contribution in [0.2, 0.25) is 0 Å². The van der Waals surface area contributed by atoms with Gasteiger partial charge in [-0.3, -0.25) is 4.79 Å². The third-order valence-electron chi connectivity index (χ3n) is 3.83. The van der Waals surface area contributed by atoms with Crippen LogP contribution in [-0.4, -0.2) is 21.4 Å². The maximum atomic E-state index is 14.4. The van der Waals surface area contributed by atoms with Crippen LogP contribution >= 0.6 is 0 Å². The first-order chi connectivity index (χ1) is 11.3. The number of hydrogen-bond acceptors (Lipinski definition) is 3. The fourth-order valence-electron chi connectivity index (χ4n) is 2.44. The number of halogens is 1. The highest BCUT2D eigenvalue weighted by Crippen LogP contribution is 2.22. The van der Waals surface area contributed by atoms with Crippen molar-refractivity contribution in [3.63, 3.8) is 0 Å². The van der Waals surface area contributed by atoms with E-state index in [2.05, 4.69) is 15.3 Å². The van der Waals surface area contributed by atoms with E-state index < -0.39 is 5.54 Å². The van der Waals surface area contributed by atoms with Crippen molar-refractivity contribution in [1.82, 2.24) is 9.97 Å². The van der Waals surface area contributed by atoms with Crippen LogP contribution in [0.3, 0.4) is 0 Å². The van der Waals surface area contributed by atoms with Crippen molar-refractivity contribution in [2.24, 2.45) is 5.73 Å². The maximum absolute atomic E-state index is 14.4. The number of nitrogens with zero attached hydrogens (tertiary/aromatic N) is 1. The second-order valence-corrected chi connectivity index (χ2v) is 6.37. The van der Waals surface area contributed by atoms with Gasteiger partial charge in [-0.25, -0.2) is 9.37 Å². The number of nitrogens with two attached hydrogens (primary N) is 1. The zero-order valence-electron chi connectivity index (χ0n) is 13.6. The third-order valence-corrected chi connectivity index (χ3v) is 3.83. The summed E-state index contributed by atoms with van der Waals surface area (Å²) in [7, 11) is 0. The van der Waals surface area contributed by atoms with Crippen molar-refractivity contribution >= 4 is 22.6 Å². The van der Waals surface area contributed by atoms with Gasteiger partial charge in [0.1, 0.15) is 11.5 Å². The molecule has 3 rings (SSSR count). The highest BCUT2D eigenvalue weighted by molar-refractivity contribution is 5.97. The van der Waals surface area contributed by atoms with Crippen LogP contribution < -0.4 is 11.1 Å². The van der Waals surface area contributed by atoms with Crippen LogP contribution in [0.1, 0.15) is 25.0 Å². The molecule has 0 aliphatic carbocycles. The largest absolute Gasteiger partial charge is 0.346 e. The molecule has 0 aliphatic rings. The van der Waals surface area contributed by atoms with Gasteiger partial charge < -0.3 is 16.0 Å². The summed E-state index contributed by atoms with van der Waals surface area (Å²) in [5.74, 6) is -0.735. The van der Waals surface area contributed by atoms with Crippen molar-refractivity contribution in [3.8, 4) is 0 Å². The van der Waals surface area contributed by atoms with E-state index in [1.165, 1.54) is 6.07 Å². The summed E-state index contributed by atoms with van der Waals surface area (Å²) in [6.45, 7) is 3.19. The van der Waals surface area contributed by atoms with Crippen LogP contribution in [0, 0.1) is 5.82 Å². The van der Waals surface area contributed by atoms with Gasteiger partial charge in [-0.2, -0.15) is 0 Å². The molecule has 0 bridgehead atoms. The molecule has 1 aromatic carbocycles. The molecule has 3 aromatic rings. The van der Waals surface area contributed by atoms with Gasteiger partial charge in [0.25, 0.3) is 0 Å². The van der Waals surface area contributed by atoms with Crippen molar-refractivity contribution < 1.29 is 9.18 Å². The Labute approximate surface area is 139 Å². The molecular formula is C18H19FN4O. The second kappa shape index (κ2) is 6.05. The van der Waals surface area contributed by atoms with E-state index in [0.29, 0.717) is 17.7 Å². The number of pyridine rings is 1. The zero-order valence-corrected chi connectivity index (χ0v) is 13.6. The smallest absolute Gasteiger partial charge is 0.243 e. The molecule has 6 heteroatoms. The van der Waals surface area contributed by atoms with E-state index in [9.17, 15) is 9.18 Å². The van der Waals surface area contributed by atoms with Crippen LogP contribution in [-0.2, 0) is 11.2 Å². The number of fused-ring (bicyclic) bond motifs is 1. The SMILES string of the molecule is CC(C)(N)C(=O)Nc1ccc(Cc2ccnc3[nH]ccc23)c(F)c1. The zero-order chi connectivity index (χ0) is 17.3. The van der Waals surface area contributed by atoms with E-state index >= 15 is 0 Å². The summed E-state index contributed by atoms with van der Waals surface area (Å²) < 4.78 is 14.4. The number of aromatic nitrogens is 2. The Bertz CT molecular complexity index is 895. The minimum atomic E-state index is -1.02. The number of rotatable bonds is 4. The van der Waals surface area contributed by atoms with Gasteiger partial charge in [0, 0.05) is 29.9 Å². The Morgan fingerprint density at radius 2 is 2.08 bits per heavy atom. The molecular weight excluding hydrogens is 307 g/mol. The Morgan fingerprint density at radius 1 is 1.29 bits per heavy atom. The number of carbonyl (C=O) groups is 1. The summed E-state index contributed by atoms with van der Waals surface area (Å²) in [5, 5.41) is 3.59. The minimum Gasteiger partial charge on any atom is -0.346 e. The average Bonchev–Trinajstić information content (AvgIpc) is 2.98. The fourth-order valence-corrected chi connectivity index (χ4v) is 2.44. The molecule has 0 radical (unpaired) electrons. The van der Waals surface area contributed by atoms with Gasteiger partial charge in [-0.05, 0) is 49.2 Å². The molecule has 124 valence electrons. The molecule has 0 aliphatic heterocycles. The van der Waals surface area contributed by atoms with Crippen LogP contribution in [0.4, 0.5) is 10.1 Å². The van der Waals surface area contributed by atoms with E-state index in [1.807, 2.05) is 18.3 Å². The maximum Gasteiger partial charge on any atom is 0.243 e. The quantitative estimate of drug-likeness (QED) is 0.689. The van der Waals surface area contributed by atoms with Crippen molar-refractivity contribution in [1.29, 1.82) is 0 Å². The number of H-pyrrole nitrogens is 1. The second-order valence-electron chi connectivity index (χ2n) is 6.37. The number of hydrogen-bond donors (Lipinski definition) is 3. The number of aromatic amines is 1. The van der Waals surface area contributed by atoms with Crippen molar-refractivity contribution in [2.75, 3.05) is 5.32 Å². The molecule has 5 nitrogen and oxygen atoms in total. The first-order valence-corrected chi connectivity index (χ1v) is 7.64. The van der Waals surface area contributed by atoms with Gasteiger partial charge in [0.15, 0.2) is 0 Å². The minimum absolute atomic E-state index is 0.363. The van der Waals surface area contributed by atoms with Crippen LogP contribution in [0.25, 0.3) is 11.0 Å². The van der Waals surface area contributed by atoms with Gasteiger partial charge >= 0.3 is 0 Å². The van der Waals surface area contributed by atoms with Gasteiger partial charge in [0.2, 0.25) is 5.91 Å². The number of carbonyl (C=O) groups excluding carboxylic acids is 1. The average molecular weight is 326 g/mol. The topological polar surface area (TPSA) is 83.8 Å². The molecule has 0 unspecified atom stereocenters. The first kappa shape index (κ1) is 16.1. The van der Waals surface area contributed by atoms with Crippen molar-refractivity contribution in [2.45, 2.75) is 25.8 Å². The Balaban J connectivity index is 1.83. The lowest BCUT2D eigenvalue weighted by atomic mass is 10.0. The highest BCUT2D eigenvalue weighted by atomic mass is 19.1. The van der Waals surface area contributed by atoms with Crippen LogP contribution in [0.5, 0.6) is 0 Å². The van der Waals surface area contributed by atoms with E-state index in [-0.39, 0.29) is 11.7 Å². The first-order valence-electron chi connectivity index (χ1n) is 7.64. The molecule has 2 aromatic heterocycles. The monoisotopic (exact) mass is 326 g/mol. The standard InChI is InChI=1S/C18H19FN4O/c1-18(2,20)17(24)23-13-4-3-12(15(19)10-13)9-11-5-7-21-16-14(11)6-8-22-16/h3-8,10H,9,20H2,1-2H3,(H,21,22)(H,23,24). The number of anilines is 1. The molecule has 1 amide bonds. The van der Waals surface area contributed by atoms with Gasteiger partial charge in [0.05, 0.1) is 5.54 Å². The molecule has 0 spiro atoms. The number of benzene rings is 1.